The first kappa shape index (κ1) is 21.8. The third-order valence-electron chi connectivity index (χ3n) is 3.59. The van der Waals surface area contributed by atoms with Gasteiger partial charge in [0.1, 0.15) is 6.61 Å². The number of amides is 2. The molecule has 152 valence electrons. The Balaban J connectivity index is 1.67. The molecule has 28 heavy (non-hydrogen) atoms. The van der Waals surface area contributed by atoms with Crippen LogP contribution in [0.5, 0.6) is 0 Å². The molecule has 2 amide bonds. The maximum Gasteiger partial charge on any atom is 0.265 e. The number of carbonyl (C=O) groups excluding carboxylic acids is 2. The van der Waals surface area contributed by atoms with E-state index in [1.54, 1.807) is 43.5 Å². The van der Waals surface area contributed by atoms with Gasteiger partial charge in [0.25, 0.3) is 5.91 Å². The molecule has 8 nitrogen and oxygen atoms in total. The van der Waals surface area contributed by atoms with E-state index in [4.69, 9.17) is 19.9 Å². The van der Waals surface area contributed by atoms with Gasteiger partial charge in [-0.1, -0.05) is 12.1 Å². The standard InChI is InChI=1S/C19H25N3O5S/c1-25-8-9-26-10-11-27-13-18(23)21-12-14-6-7-17(28-14)19(24)22-16-5-3-2-4-15(16)20/h2-7H,8-13,20H2,1H3,(H,21,23)(H,22,24). The highest BCUT2D eigenvalue weighted by Crippen LogP contribution is 2.21. The van der Waals surface area contributed by atoms with E-state index in [0.717, 1.165) is 4.88 Å². The van der Waals surface area contributed by atoms with Gasteiger partial charge in [-0.05, 0) is 24.3 Å². The summed E-state index contributed by atoms with van der Waals surface area (Å²) in [4.78, 5) is 25.5. The van der Waals surface area contributed by atoms with Crippen LogP contribution in [0, 0.1) is 0 Å². The lowest BCUT2D eigenvalue weighted by Crippen LogP contribution is -2.27. The number of hydrogen-bond donors (Lipinski definition) is 3. The monoisotopic (exact) mass is 407 g/mol. The number of para-hydroxylation sites is 2. The molecule has 0 spiro atoms. The van der Waals surface area contributed by atoms with Crippen molar-refractivity contribution in [3.8, 4) is 0 Å². The molecule has 0 fully saturated rings. The minimum absolute atomic E-state index is 0.0420. The van der Waals surface area contributed by atoms with Crippen LogP contribution in [-0.2, 0) is 25.5 Å². The van der Waals surface area contributed by atoms with Crippen LogP contribution < -0.4 is 16.4 Å². The number of nitrogen functional groups attached to an aromatic ring is 1. The Labute approximate surface area is 168 Å². The number of anilines is 2. The van der Waals surface area contributed by atoms with Crippen molar-refractivity contribution in [1.82, 2.24) is 5.32 Å². The zero-order chi connectivity index (χ0) is 20.2. The summed E-state index contributed by atoms with van der Waals surface area (Å²) in [6, 6.07) is 10.6. The first-order valence-corrected chi connectivity index (χ1v) is 9.57. The predicted octanol–water partition coefficient (Wildman–Crippen LogP) is 1.88. The Morgan fingerprint density at radius 2 is 1.79 bits per heavy atom. The van der Waals surface area contributed by atoms with E-state index in [2.05, 4.69) is 10.6 Å². The average molecular weight is 407 g/mol. The van der Waals surface area contributed by atoms with Crippen LogP contribution in [0.15, 0.2) is 36.4 Å². The lowest BCUT2D eigenvalue weighted by molar-refractivity contribution is -0.126. The fourth-order valence-corrected chi connectivity index (χ4v) is 3.00. The number of methoxy groups -OCH3 is 1. The molecule has 0 aliphatic rings. The first-order valence-electron chi connectivity index (χ1n) is 8.76. The van der Waals surface area contributed by atoms with Crippen molar-refractivity contribution in [1.29, 1.82) is 0 Å². The van der Waals surface area contributed by atoms with Crippen molar-refractivity contribution in [3.05, 3.63) is 46.2 Å². The maximum absolute atomic E-state index is 12.3. The summed E-state index contributed by atoms with van der Waals surface area (Å²) < 4.78 is 15.3. The quantitative estimate of drug-likeness (QED) is 0.366. The Kier molecular flexibility index (Phi) is 9.43. The minimum atomic E-state index is -0.239. The number of nitrogens with one attached hydrogen (secondary N) is 2. The van der Waals surface area contributed by atoms with E-state index in [0.29, 0.717) is 49.2 Å². The Morgan fingerprint density at radius 1 is 1.04 bits per heavy atom. The molecular formula is C19H25N3O5S. The molecule has 1 aromatic carbocycles. The average Bonchev–Trinajstić information content (AvgIpc) is 3.17. The van der Waals surface area contributed by atoms with Gasteiger partial charge in [-0.15, -0.1) is 11.3 Å². The number of carbonyl (C=O) groups is 2. The molecule has 4 N–H and O–H groups in total. The van der Waals surface area contributed by atoms with Crippen LogP contribution in [0.4, 0.5) is 11.4 Å². The highest BCUT2D eigenvalue weighted by atomic mass is 32.1. The molecular weight excluding hydrogens is 382 g/mol. The predicted molar refractivity (Wildman–Crippen MR) is 108 cm³/mol. The first-order chi connectivity index (χ1) is 13.6. The van der Waals surface area contributed by atoms with Crippen LogP contribution in [-0.4, -0.2) is 52.0 Å². The van der Waals surface area contributed by atoms with Crippen molar-refractivity contribution >= 4 is 34.5 Å². The molecule has 0 atom stereocenters. The van der Waals surface area contributed by atoms with E-state index in [1.165, 1.54) is 11.3 Å². The second-order valence-corrected chi connectivity index (χ2v) is 6.91. The van der Waals surface area contributed by atoms with Crippen LogP contribution in [0.3, 0.4) is 0 Å². The second-order valence-electron chi connectivity index (χ2n) is 5.74. The minimum Gasteiger partial charge on any atom is -0.397 e. The third-order valence-corrected chi connectivity index (χ3v) is 4.68. The SMILES string of the molecule is COCCOCCOCC(=O)NCc1ccc(C(=O)Nc2ccccc2N)s1. The molecule has 2 aromatic rings. The van der Waals surface area contributed by atoms with Gasteiger partial charge in [0.05, 0.1) is 49.2 Å². The van der Waals surface area contributed by atoms with Gasteiger partial charge in [0.15, 0.2) is 0 Å². The number of benzene rings is 1. The summed E-state index contributed by atoms with van der Waals surface area (Å²) in [5, 5.41) is 5.53. The molecule has 0 aliphatic carbocycles. The number of ether oxygens (including phenoxy) is 3. The zero-order valence-corrected chi connectivity index (χ0v) is 16.6. The van der Waals surface area contributed by atoms with Gasteiger partial charge in [-0.2, -0.15) is 0 Å². The highest BCUT2D eigenvalue weighted by molar-refractivity contribution is 7.14. The molecule has 0 saturated carbocycles. The molecule has 0 aliphatic heterocycles. The normalized spacial score (nSPS) is 10.6. The Bertz CT molecular complexity index is 766. The van der Waals surface area contributed by atoms with E-state index in [-0.39, 0.29) is 18.4 Å². The lowest BCUT2D eigenvalue weighted by Gasteiger charge is -2.07. The van der Waals surface area contributed by atoms with Crippen LogP contribution in [0.2, 0.25) is 0 Å². The number of nitrogens with two attached hydrogens (primary N) is 1. The van der Waals surface area contributed by atoms with E-state index in [9.17, 15) is 9.59 Å². The summed E-state index contributed by atoms with van der Waals surface area (Å²) in [7, 11) is 1.60. The smallest absolute Gasteiger partial charge is 0.265 e. The summed E-state index contributed by atoms with van der Waals surface area (Å²) in [5.41, 5.74) is 6.90. The van der Waals surface area contributed by atoms with E-state index in [1.807, 2.05) is 0 Å². The van der Waals surface area contributed by atoms with Gasteiger partial charge in [0.2, 0.25) is 5.91 Å². The van der Waals surface area contributed by atoms with Crippen molar-refractivity contribution in [2.45, 2.75) is 6.54 Å². The van der Waals surface area contributed by atoms with Crippen LogP contribution >= 0.6 is 11.3 Å². The fourth-order valence-electron chi connectivity index (χ4n) is 2.15. The van der Waals surface area contributed by atoms with Gasteiger partial charge in [0, 0.05) is 12.0 Å². The molecule has 0 radical (unpaired) electrons. The van der Waals surface area contributed by atoms with Gasteiger partial charge in [-0.25, -0.2) is 0 Å². The van der Waals surface area contributed by atoms with Crippen molar-refractivity contribution < 1.29 is 23.8 Å². The van der Waals surface area contributed by atoms with Crippen molar-refractivity contribution in [3.63, 3.8) is 0 Å². The molecule has 1 heterocycles. The molecule has 0 saturated heterocycles. The topological polar surface area (TPSA) is 112 Å². The Morgan fingerprint density at radius 3 is 2.57 bits per heavy atom. The molecule has 0 bridgehead atoms. The van der Waals surface area contributed by atoms with E-state index >= 15 is 0 Å². The van der Waals surface area contributed by atoms with Gasteiger partial charge >= 0.3 is 0 Å². The number of hydrogen-bond acceptors (Lipinski definition) is 7. The van der Waals surface area contributed by atoms with Crippen LogP contribution in [0.1, 0.15) is 14.5 Å². The molecule has 9 heteroatoms. The zero-order valence-electron chi connectivity index (χ0n) is 15.7. The Hall–Kier alpha value is -2.46. The fraction of sp³-hybridized carbons (Fsp3) is 0.368. The van der Waals surface area contributed by atoms with Gasteiger partial charge in [-0.3, -0.25) is 9.59 Å². The summed E-state index contributed by atoms with van der Waals surface area (Å²) >= 11 is 1.31. The highest BCUT2D eigenvalue weighted by Gasteiger charge is 2.11. The number of thiophene rings is 1. The molecule has 0 unspecified atom stereocenters. The molecule has 1 aromatic heterocycles. The van der Waals surface area contributed by atoms with E-state index < -0.39 is 0 Å². The summed E-state index contributed by atoms with van der Waals surface area (Å²) in [5.74, 6) is -0.467. The van der Waals surface area contributed by atoms with Crippen molar-refractivity contribution in [2.24, 2.45) is 0 Å². The van der Waals surface area contributed by atoms with Crippen molar-refractivity contribution in [2.75, 3.05) is 51.2 Å². The number of rotatable bonds is 12. The summed E-state index contributed by atoms with van der Waals surface area (Å²) in [6.45, 7) is 2.06. The summed E-state index contributed by atoms with van der Waals surface area (Å²) in [6.07, 6.45) is 0. The maximum atomic E-state index is 12.3. The van der Waals surface area contributed by atoms with Gasteiger partial charge < -0.3 is 30.6 Å². The molecule has 2 rings (SSSR count). The lowest BCUT2D eigenvalue weighted by atomic mass is 10.2. The third kappa shape index (κ3) is 7.65. The largest absolute Gasteiger partial charge is 0.397 e. The second kappa shape index (κ2) is 12.1. The van der Waals surface area contributed by atoms with Crippen LogP contribution in [0.25, 0.3) is 0 Å².